The Morgan fingerprint density at radius 2 is 1.79 bits per heavy atom. The van der Waals surface area contributed by atoms with Gasteiger partial charge < -0.3 is 15.4 Å². The zero-order chi connectivity index (χ0) is 21.0. The van der Waals surface area contributed by atoms with Crippen molar-refractivity contribution in [2.75, 3.05) is 25.5 Å². The van der Waals surface area contributed by atoms with Crippen LogP contribution in [0.5, 0.6) is 5.75 Å². The Balaban J connectivity index is 1.49. The second-order valence-corrected chi connectivity index (χ2v) is 6.18. The first-order valence-corrected chi connectivity index (χ1v) is 8.75. The van der Waals surface area contributed by atoms with Gasteiger partial charge in [-0.1, -0.05) is 12.1 Å². The van der Waals surface area contributed by atoms with E-state index in [1.807, 2.05) is 0 Å². The summed E-state index contributed by atoms with van der Waals surface area (Å²) in [5.41, 5.74) is 0.881. The van der Waals surface area contributed by atoms with E-state index < -0.39 is 11.0 Å². The zero-order valence-corrected chi connectivity index (χ0v) is 15.5. The molecule has 0 saturated heterocycles. The van der Waals surface area contributed by atoms with Crippen LogP contribution in [-0.4, -0.2) is 47.9 Å². The molecule has 0 bridgehead atoms. The first-order valence-electron chi connectivity index (χ1n) is 8.75. The number of non-ortho nitro benzene ring substituents is 1. The van der Waals surface area contributed by atoms with Crippen LogP contribution in [0, 0.1) is 10.1 Å². The average Bonchev–Trinajstić information content (AvgIpc) is 2.96. The second kappa shape index (κ2) is 8.38. The number of hydrogen-bond donors (Lipinski definition) is 2. The molecule has 0 atom stereocenters. The Morgan fingerprint density at radius 3 is 2.38 bits per heavy atom. The first kappa shape index (κ1) is 19.8. The Bertz CT molecular complexity index is 955. The Hall–Kier alpha value is -3.95. The monoisotopic (exact) mass is 398 g/mol. The number of fused-ring (bicyclic) bond motifs is 1. The van der Waals surface area contributed by atoms with E-state index in [0.29, 0.717) is 17.5 Å². The van der Waals surface area contributed by atoms with Crippen molar-refractivity contribution in [2.45, 2.75) is 6.42 Å². The molecule has 0 unspecified atom stereocenters. The van der Waals surface area contributed by atoms with Crippen molar-refractivity contribution in [3.63, 3.8) is 0 Å². The highest BCUT2D eigenvalue weighted by Crippen LogP contribution is 2.28. The molecule has 1 aliphatic rings. The van der Waals surface area contributed by atoms with Crippen LogP contribution < -0.4 is 15.4 Å². The molecule has 10 nitrogen and oxygen atoms in total. The molecule has 0 aliphatic carbocycles. The van der Waals surface area contributed by atoms with Crippen molar-refractivity contribution in [3.05, 3.63) is 63.7 Å². The number of ether oxygens (including phenoxy) is 1. The average molecular weight is 398 g/mol. The van der Waals surface area contributed by atoms with Gasteiger partial charge in [-0.15, -0.1) is 0 Å². The number of nitrogens with one attached hydrogen (secondary N) is 2. The third kappa shape index (κ3) is 4.15. The normalized spacial score (nSPS) is 12.5. The van der Waals surface area contributed by atoms with Gasteiger partial charge in [-0.3, -0.25) is 24.6 Å². The summed E-state index contributed by atoms with van der Waals surface area (Å²) in [6.07, 6.45) is 0.371. The van der Waals surface area contributed by atoms with Gasteiger partial charge >= 0.3 is 6.03 Å². The lowest BCUT2D eigenvalue weighted by atomic mass is 10.1. The molecule has 3 rings (SSSR count). The van der Waals surface area contributed by atoms with E-state index in [1.54, 1.807) is 24.3 Å². The molecular weight excluding hydrogens is 380 g/mol. The fourth-order valence-electron chi connectivity index (χ4n) is 2.94. The maximum atomic E-state index is 12.3. The molecule has 2 aromatic rings. The van der Waals surface area contributed by atoms with Crippen LogP contribution in [0.4, 0.5) is 16.2 Å². The van der Waals surface area contributed by atoms with Crippen LogP contribution in [0.3, 0.4) is 0 Å². The van der Waals surface area contributed by atoms with E-state index in [4.69, 9.17) is 4.74 Å². The van der Waals surface area contributed by atoms with E-state index >= 15 is 0 Å². The molecule has 2 N–H and O–H groups in total. The number of methoxy groups -OCH3 is 1. The molecule has 4 amide bonds. The van der Waals surface area contributed by atoms with Crippen LogP contribution in [0.25, 0.3) is 0 Å². The molecule has 0 fully saturated rings. The van der Waals surface area contributed by atoms with Crippen molar-refractivity contribution >= 4 is 29.2 Å². The highest BCUT2D eigenvalue weighted by atomic mass is 16.6. The van der Waals surface area contributed by atoms with E-state index in [0.717, 1.165) is 4.90 Å². The summed E-state index contributed by atoms with van der Waals surface area (Å²) in [6, 6.07) is 9.91. The Labute approximate surface area is 165 Å². The molecular formula is C19H18N4O6. The molecule has 1 aliphatic heterocycles. The summed E-state index contributed by atoms with van der Waals surface area (Å²) in [5, 5.41) is 16.0. The molecule has 2 aromatic carbocycles. The lowest BCUT2D eigenvalue weighted by Gasteiger charge is -2.14. The van der Waals surface area contributed by atoms with Crippen LogP contribution in [0.1, 0.15) is 27.1 Å². The molecule has 1 heterocycles. The highest BCUT2D eigenvalue weighted by Gasteiger charge is 2.34. The van der Waals surface area contributed by atoms with Gasteiger partial charge in [0.1, 0.15) is 5.75 Å². The fourth-order valence-corrected chi connectivity index (χ4v) is 2.94. The number of amides is 4. The molecule has 0 saturated carbocycles. The summed E-state index contributed by atoms with van der Waals surface area (Å²) in [4.78, 5) is 48.0. The molecule has 150 valence electrons. The van der Waals surface area contributed by atoms with Crippen LogP contribution >= 0.6 is 0 Å². The number of urea groups is 1. The first-order chi connectivity index (χ1) is 13.9. The van der Waals surface area contributed by atoms with Crippen molar-refractivity contribution < 1.29 is 24.0 Å². The molecule has 0 aromatic heterocycles. The van der Waals surface area contributed by atoms with Gasteiger partial charge in [0.25, 0.3) is 17.5 Å². The van der Waals surface area contributed by atoms with Crippen LogP contribution in [0.2, 0.25) is 0 Å². The predicted octanol–water partition coefficient (Wildman–Crippen LogP) is 2.41. The minimum absolute atomic E-state index is 0.153. The number of imide groups is 1. The summed E-state index contributed by atoms with van der Waals surface area (Å²) in [7, 11) is 1.34. The Morgan fingerprint density at radius 1 is 1.14 bits per heavy atom. The van der Waals surface area contributed by atoms with Gasteiger partial charge in [-0.05, 0) is 24.6 Å². The van der Waals surface area contributed by atoms with Gasteiger partial charge in [-0.25, -0.2) is 4.79 Å². The van der Waals surface area contributed by atoms with E-state index in [1.165, 1.54) is 25.3 Å². The number of anilines is 1. The molecule has 10 heteroatoms. The number of hydrogen-bond acceptors (Lipinski definition) is 6. The quantitative estimate of drug-likeness (QED) is 0.319. The minimum atomic E-state index is -0.564. The maximum absolute atomic E-state index is 12.3. The van der Waals surface area contributed by atoms with Crippen molar-refractivity contribution in [3.8, 4) is 5.75 Å². The lowest BCUT2D eigenvalue weighted by Crippen LogP contribution is -2.35. The van der Waals surface area contributed by atoms with Crippen molar-refractivity contribution in [1.82, 2.24) is 10.2 Å². The summed E-state index contributed by atoms with van der Waals surface area (Å²) in [5.74, 6) is -0.531. The Kier molecular flexibility index (Phi) is 5.72. The molecule has 29 heavy (non-hydrogen) atoms. The highest BCUT2D eigenvalue weighted by molar-refractivity contribution is 6.21. The smallest absolute Gasteiger partial charge is 0.319 e. The van der Waals surface area contributed by atoms with Gasteiger partial charge in [-0.2, -0.15) is 0 Å². The van der Waals surface area contributed by atoms with Crippen LogP contribution in [-0.2, 0) is 0 Å². The maximum Gasteiger partial charge on any atom is 0.319 e. The lowest BCUT2D eigenvalue weighted by molar-refractivity contribution is -0.384. The predicted molar refractivity (Wildman–Crippen MR) is 103 cm³/mol. The fraction of sp³-hybridized carbons (Fsp3) is 0.211. The number of carbonyl (C=O) groups is 3. The van der Waals surface area contributed by atoms with E-state index in [-0.39, 0.29) is 42.0 Å². The second-order valence-electron chi connectivity index (χ2n) is 6.18. The number of carbonyl (C=O) groups excluding carboxylic acids is 3. The van der Waals surface area contributed by atoms with E-state index in [9.17, 15) is 24.5 Å². The summed E-state index contributed by atoms with van der Waals surface area (Å²) < 4.78 is 5.06. The number of nitro benzene ring substituents is 1. The number of nitrogens with zero attached hydrogens (tertiary/aromatic N) is 2. The zero-order valence-electron chi connectivity index (χ0n) is 15.5. The number of rotatable bonds is 7. The summed E-state index contributed by atoms with van der Waals surface area (Å²) in [6.45, 7) is 0.391. The standard InChI is InChI=1S/C19H18N4O6/c1-29-16-11-12(23(27)28)7-8-15(16)21-19(26)20-9-4-10-22-17(24)13-5-2-3-6-14(13)18(22)25/h2-3,5-8,11H,4,9-10H2,1H3,(H2,20,21,26). The molecule has 0 radical (unpaired) electrons. The SMILES string of the molecule is COc1cc([N+](=O)[O-])ccc1NC(=O)NCCCN1C(=O)c2ccccc2C1=O. The number of benzene rings is 2. The largest absolute Gasteiger partial charge is 0.494 e. The number of nitro groups is 1. The topological polar surface area (TPSA) is 131 Å². The van der Waals surface area contributed by atoms with Gasteiger partial charge in [0.2, 0.25) is 0 Å². The molecule has 0 spiro atoms. The van der Waals surface area contributed by atoms with Crippen molar-refractivity contribution in [1.29, 1.82) is 0 Å². The third-order valence-electron chi connectivity index (χ3n) is 4.37. The third-order valence-corrected chi connectivity index (χ3v) is 4.37. The van der Waals surface area contributed by atoms with E-state index in [2.05, 4.69) is 10.6 Å². The van der Waals surface area contributed by atoms with Crippen molar-refractivity contribution in [2.24, 2.45) is 0 Å². The summed E-state index contributed by atoms with van der Waals surface area (Å²) >= 11 is 0. The van der Waals surface area contributed by atoms with Gasteiger partial charge in [0.05, 0.1) is 34.9 Å². The van der Waals surface area contributed by atoms with Gasteiger partial charge in [0.15, 0.2) is 0 Å². The van der Waals surface area contributed by atoms with Gasteiger partial charge in [0, 0.05) is 19.2 Å². The van der Waals surface area contributed by atoms with Crippen LogP contribution in [0.15, 0.2) is 42.5 Å². The minimum Gasteiger partial charge on any atom is -0.494 e.